The second-order valence-corrected chi connectivity index (χ2v) is 4.35. The Balaban J connectivity index is 2.44. The fourth-order valence-corrected chi connectivity index (χ4v) is 1.80. The van der Waals surface area contributed by atoms with E-state index in [-0.39, 0.29) is 5.91 Å². The number of rotatable bonds is 6. The van der Waals surface area contributed by atoms with E-state index in [0.29, 0.717) is 13.1 Å². The van der Waals surface area contributed by atoms with Gasteiger partial charge in [0.05, 0.1) is 6.54 Å². The molecule has 0 heterocycles. The second kappa shape index (κ2) is 8.26. The lowest BCUT2D eigenvalue weighted by Crippen LogP contribution is -3.11. The lowest BCUT2D eigenvalue weighted by atomic mass is 10.2. The maximum atomic E-state index is 11.7. The number of likely N-dealkylation sites (N-methyl/N-ethyl adjacent to an activating group) is 1. The molecule has 0 aromatic heterocycles. The molecule has 0 radical (unpaired) electrons. The summed E-state index contributed by atoms with van der Waals surface area (Å²) in [5.74, 6) is -0.251. The summed E-state index contributed by atoms with van der Waals surface area (Å²) >= 11 is 0. The molecular weight excluding hydrogens is 242 g/mol. The maximum Gasteiger partial charge on any atom is 0.321 e. The van der Waals surface area contributed by atoms with Crippen LogP contribution in [0.3, 0.4) is 0 Å². The van der Waals surface area contributed by atoms with Crippen molar-refractivity contribution in [2.24, 2.45) is 0 Å². The summed E-state index contributed by atoms with van der Waals surface area (Å²) in [7, 11) is 0. The molecule has 0 aliphatic rings. The molecule has 0 aliphatic carbocycles. The molecule has 1 unspecified atom stereocenters. The van der Waals surface area contributed by atoms with Crippen LogP contribution < -0.4 is 15.5 Å². The quantitative estimate of drug-likeness (QED) is 0.674. The molecule has 1 aromatic rings. The molecule has 3 amide bonds. The molecule has 3 N–H and O–H groups in total. The number of imide groups is 1. The highest BCUT2D eigenvalue weighted by Crippen LogP contribution is 1.94. The smallest absolute Gasteiger partial charge is 0.321 e. The Hall–Kier alpha value is -1.88. The van der Waals surface area contributed by atoms with Gasteiger partial charge in [-0.3, -0.25) is 10.1 Å². The first-order valence-electron chi connectivity index (χ1n) is 6.60. The Morgan fingerprint density at radius 3 is 2.42 bits per heavy atom. The molecule has 104 valence electrons. The van der Waals surface area contributed by atoms with E-state index in [9.17, 15) is 9.59 Å². The highest BCUT2D eigenvalue weighted by molar-refractivity contribution is 5.94. The van der Waals surface area contributed by atoms with E-state index in [1.165, 1.54) is 5.56 Å². The largest absolute Gasteiger partial charge is 0.338 e. The van der Waals surface area contributed by atoms with Gasteiger partial charge in [0, 0.05) is 12.1 Å². The summed E-state index contributed by atoms with van der Waals surface area (Å²) in [6, 6.07) is 9.59. The van der Waals surface area contributed by atoms with Crippen molar-refractivity contribution >= 4 is 11.9 Å². The lowest BCUT2D eigenvalue weighted by molar-refractivity contribution is -0.904. The molecule has 19 heavy (non-hydrogen) atoms. The van der Waals surface area contributed by atoms with Crippen molar-refractivity contribution in [2.45, 2.75) is 20.4 Å². The molecule has 0 fully saturated rings. The first-order valence-corrected chi connectivity index (χ1v) is 6.60. The summed E-state index contributed by atoms with van der Waals surface area (Å²) in [5, 5.41) is 4.86. The molecule has 1 rings (SSSR count). The van der Waals surface area contributed by atoms with Crippen molar-refractivity contribution in [1.82, 2.24) is 10.6 Å². The van der Waals surface area contributed by atoms with E-state index < -0.39 is 6.03 Å². The second-order valence-electron chi connectivity index (χ2n) is 4.35. The number of carbonyl (C=O) groups is 2. The molecule has 1 aromatic carbocycles. The van der Waals surface area contributed by atoms with E-state index in [0.717, 1.165) is 18.0 Å². The fourth-order valence-electron chi connectivity index (χ4n) is 1.80. The topological polar surface area (TPSA) is 62.6 Å². The Labute approximate surface area is 114 Å². The van der Waals surface area contributed by atoms with E-state index >= 15 is 0 Å². The first-order chi connectivity index (χ1) is 9.15. The molecule has 0 spiro atoms. The van der Waals surface area contributed by atoms with E-state index in [1.54, 1.807) is 0 Å². The van der Waals surface area contributed by atoms with Crippen molar-refractivity contribution in [2.75, 3.05) is 19.6 Å². The Kier molecular flexibility index (Phi) is 6.60. The molecule has 5 nitrogen and oxygen atoms in total. The van der Waals surface area contributed by atoms with Crippen LogP contribution in [0.4, 0.5) is 4.79 Å². The number of hydrogen-bond acceptors (Lipinski definition) is 2. The minimum absolute atomic E-state index is 0.251. The lowest BCUT2D eigenvalue weighted by Gasteiger charge is -2.17. The number of amides is 3. The molecular formula is C14H22N3O2+. The molecule has 0 aliphatic heterocycles. The maximum absolute atomic E-state index is 11.7. The van der Waals surface area contributed by atoms with E-state index in [2.05, 4.69) is 10.6 Å². The van der Waals surface area contributed by atoms with Gasteiger partial charge in [0.1, 0.15) is 6.54 Å². The van der Waals surface area contributed by atoms with Crippen LogP contribution in [0, 0.1) is 0 Å². The summed E-state index contributed by atoms with van der Waals surface area (Å²) < 4.78 is 0. The fraction of sp³-hybridized carbons (Fsp3) is 0.429. The standard InChI is InChI=1S/C14H21N3O2/c1-3-15-14(19)16-13(18)11-17(4-2)10-12-8-6-5-7-9-12/h5-9H,3-4,10-11H2,1-2H3,(H2,15,16,18,19)/p+1. The van der Waals surface area contributed by atoms with Crippen LogP contribution in [0.2, 0.25) is 0 Å². The Bertz CT molecular complexity index is 406. The van der Waals surface area contributed by atoms with Gasteiger partial charge in [-0.1, -0.05) is 30.3 Å². The number of carbonyl (C=O) groups excluding carboxylic acids is 2. The number of nitrogens with one attached hydrogen (secondary N) is 3. The van der Waals surface area contributed by atoms with Gasteiger partial charge >= 0.3 is 6.03 Å². The van der Waals surface area contributed by atoms with Crippen LogP contribution in [-0.4, -0.2) is 31.6 Å². The summed E-state index contributed by atoms with van der Waals surface area (Å²) in [6.45, 7) is 6.24. The first kappa shape index (κ1) is 15.2. The average molecular weight is 264 g/mol. The highest BCUT2D eigenvalue weighted by Gasteiger charge is 2.14. The van der Waals surface area contributed by atoms with Gasteiger partial charge in [-0.2, -0.15) is 0 Å². The van der Waals surface area contributed by atoms with Gasteiger partial charge in [-0.05, 0) is 13.8 Å². The van der Waals surface area contributed by atoms with Crippen molar-refractivity contribution in [3.8, 4) is 0 Å². The van der Waals surface area contributed by atoms with Gasteiger partial charge < -0.3 is 10.2 Å². The predicted octanol–water partition coefficient (Wildman–Crippen LogP) is -0.0629. The van der Waals surface area contributed by atoms with Crippen LogP contribution in [-0.2, 0) is 11.3 Å². The van der Waals surface area contributed by atoms with Crippen LogP contribution in [0.25, 0.3) is 0 Å². The predicted molar refractivity (Wildman–Crippen MR) is 73.7 cm³/mol. The van der Waals surface area contributed by atoms with E-state index in [4.69, 9.17) is 0 Å². The average Bonchev–Trinajstić information content (AvgIpc) is 2.39. The van der Waals surface area contributed by atoms with Crippen molar-refractivity contribution in [3.05, 3.63) is 35.9 Å². The number of urea groups is 1. The molecule has 1 atom stereocenters. The zero-order valence-corrected chi connectivity index (χ0v) is 11.5. The Morgan fingerprint density at radius 1 is 1.16 bits per heavy atom. The van der Waals surface area contributed by atoms with Crippen molar-refractivity contribution < 1.29 is 14.5 Å². The summed E-state index contributed by atoms with van der Waals surface area (Å²) in [4.78, 5) is 24.0. The van der Waals surface area contributed by atoms with E-state index in [1.807, 2.05) is 44.2 Å². The van der Waals surface area contributed by atoms with Crippen LogP contribution in [0.5, 0.6) is 0 Å². The van der Waals surface area contributed by atoms with Gasteiger partial charge in [0.2, 0.25) is 0 Å². The zero-order valence-electron chi connectivity index (χ0n) is 11.5. The Morgan fingerprint density at radius 2 is 1.84 bits per heavy atom. The zero-order chi connectivity index (χ0) is 14.1. The normalized spacial score (nSPS) is 11.7. The van der Waals surface area contributed by atoms with Gasteiger partial charge in [-0.15, -0.1) is 0 Å². The SMILES string of the molecule is CCNC(=O)NC(=O)C[NH+](CC)Cc1ccccc1. The third kappa shape index (κ3) is 6.01. The monoisotopic (exact) mass is 264 g/mol. The van der Waals surface area contributed by atoms with Crippen LogP contribution in [0.15, 0.2) is 30.3 Å². The van der Waals surface area contributed by atoms with Crippen LogP contribution in [0.1, 0.15) is 19.4 Å². The van der Waals surface area contributed by atoms with Crippen LogP contribution >= 0.6 is 0 Å². The number of hydrogen-bond donors (Lipinski definition) is 3. The minimum Gasteiger partial charge on any atom is -0.338 e. The third-order valence-electron chi connectivity index (χ3n) is 2.80. The number of quaternary nitrogens is 1. The summed E-state index contributed by atoms with van der Waals surface area (Å²) in [5.41, 5.74) is 1.19. The van der Waals surface area contributed by atoms with Crippen molar-refractivity contribution in [3.63, 3.8) is 0 Å². The minimum atomic E-state index is -0.428. The number of benzene rings is 1. The molecule has 0 bridgehead atoms. The summed E-state index contributed by atoms with van der Waals surface area (Å²) in [6.07, 6.45) is 0. The van der Waals surface area contributed by atoms with Crippen molar-refractivity contribution in [1.29, 1.82) is 0 Å². The molecule has 5 heteroatoms. The van der Waals surface area contributed by atoms with Gasteiger partial charge in [-0.25, -0.2) is 4.79 Å². The van der Waals surface area contributed by atoms with Gasteiger partial charge in [0.15, 0.2) is 6.54 Å². The van der Waals surface area contributed by atoms with Gasteiger partial charge in [0.25, 0.3) is 5.91 Å². The third-order valence-corrected chi connectivity index (χ3v) is 2.80. The molecule has 0 saturated carbocycles. The molecule has 0 saturated heterocycles. The highest BCUT2D eigenvalue weighted by atomic mass is 16.2.